The Hall–Kier alpha value is 0.120. The van der Waals surface area contributed by atoms with Gasteiger partial charge in [-0.25, -0.2) is 4.72 Å². The average molecular weight is 243 g/mol. The van der Waals surface area contributed by atoms with Crippen molar-refractivity contribution in [3.8, 4) is 0 Å². The van der Waals surface area contributed by atoms with Gasteiger partial charge in [-0.15, -0.1) is 11.6 Å². The number of ether oxygens (including phenoxy) is 1. The van der Waals surface area contributed by atoms with Crippen LogP contribution in [0, 0.1) is 0 Å². The molecule has 0 bridgehead atoms. The van der Waals surface area contributed by atoms with Crippen molar-refractivity contribution in [3.63, 3.8) is 0 Å². The van der Waals surface area contributed by atoms with E-state index < -0.39 is 10.2 Å². The van der Waals surface area contributed by atoms with Crippen LogP contribution < -0.4 is 4.72 Å². The lowest BCUT2D eigenvalue weighted by Crippen LogP contribution is -2.46. The van der Waals surface area contributed by atoms with Crippen LogP contribution >= 0.6 is 11.6 Å². The average Bonchev–Trinajstić information content (AvgIpc) is 2.19. The van der Waals surface area contributed by atoms with E-state index >= 15 is 0 Å². The Labute approximate surface area is 89.5 Å². The van der Waals surface area contributed by atoms with Crippen LogP contribution in [0.4, 0.5) is 0 Å². The molecule has 1 heterocycles. The first kappa shape index (κ1) is 12.2. The van der Waals surface area contributed by atoms with Gasteiger partial charge in [0.1, 0.15) is 0 Å². The maximum Gasteiger partial charge on any atom is 0.279 e. The maximum absolute atomic E-state index is 11.6. The van der Waals surface area contributed by atoms with Crippen molar-refractivity contribution in [3.05, 3.63) is 0 Å². The molecule has 0 aromatic carbocycles. The molecule has 0 radical (unpaired) electrons. The van der Waals surface area contributed by atoms with E-state index in [0.717, 1.165) is 0 Å². The molecular weight excluding hydrogens is 228 g/mol. The van der Waals surface area contributed by atoms with E-state index in [2.05, 4.69) is 4.72 Å². The Morgan fingerprint density at radius 1 is 1.36 bits per heavy atom. The highest BCUT2D eigenvalue weighted by Crippen LogP contribution is 2.02. The predicted molar refractivity (Wildman–Crippen MR) is 54.7 cm³/mol. The Kier molecular flexibility index (Phi) is 5.11. The van der Waals surface area contributed by atoms with Crippen molar-refractivity contribution in [2.45, 2.75) is 6.42 Å². The fraction of sp³-hybridized carbons (Fsp3) is 1.00. The van der Waals surface area contributed by atoms with Crippen molar-refractivity contribution >= 4 is 21.8 Å². The minimum Gasteiger partial charge on any atom is -0.379 e. The molecule has 0 aromatic heterocycles. The van der Waals surface area contributed by atoms with Gasteiger partial charge in [-0.1, -0.05) is 0 Å². The molecule has 0 amide bonds. The number of nitrogens with zero attached hydrogens (tertiary/aromatic N) is 1. The normalized spacial score (nSPS) is 19.8. The first-order chi connectivity index (χ1) is 6.67. The van der Waals surface area contributed by atoms with Crippen LogP contribution in [0.15, 0.2) is 0 Å². The molecule has 0 atom stereocenters. The molecule has 14 heavy (non-hydrogen) atoms. The molecule has 1 fully saturated rings. The molecule has 1 N–H and O–H groups in total. The van der Waals surface area contributed by atoms with E-state index in [1.165, 1.54) is 4.31 Å². The molecule has 0 aliphatic carbocycles. The molecule has 0 spiro atoms. The number of hydrogen-bond acceptors (Lipinski definition) is 3. The molecule has 1 aliphatic heterocycles. The van der Waals surface area contributed by atoms with Crippen molar-refractivity contribution in [2.75, 3.05) is 38.7 Å². The summed E-state index contributed by atoms with van der Waals surface area (Å²) in [5.74, 6) is 0.464. The van der Waals surface area contributed by atoms with Crippen molar-refractivity contribution in [1.29, 1.82) is 0 Å². The fourth-order valence-corrected chi connectivity index (χ4v) is 2.49. The van der Waals surface area contributed by atoms with Gasteiger partial charge in [0.15, 0.2) is 0 Å². The summed E-state index contributed by atoms with van der Waals surface area (Å²) in [5.41, 5.74) is 0. The summed E-state index contributed by atoms with van der Waals surface area (Å²) >= 11 is 5.45. The van der Waals surface area contributed by atoms with Crippen LogP contribution in [0.1, 0.15) is 6.42 Å². The van der Waals surface area contributed by atoms with Gasteiger partial charge in [0.25, 0.3) is 10.2 Å². The van der Waals surface area contributed by atoms with E-state index in [1.54, 1.807) is 0 Å². The van der Waals surface area contributed by atoms with Crippen molar-refractivity contribution in [1.82, 2.24) is 9.03 Å². The summed E-state index contributed by atoms with van der Waals surface area (Å²) in [4.78, 5) is 0. The summed E-state index contributed by atoms with van der Waals surface area (Å²) < 4.78 is 32.1. The van der Waals surface area contributed by atoms with Gasteiger partial charge in [-0.2, -0.15) is 12.7 Å². The number of nitrogens with one attached hydrogen (secondary N) is 1. The Bertz CT molecular complexity index is 252. The van der Waals surface area contributed by atoms with Gasteiger partial charge < -0.3 is 4.74 Å². The van der Waals surface area contributed by atoms with Gasteiger partial charge >= 0.3 is 0 Å². The predicted octanol–water partition coefficient (Wildman–Crippen LogP) is -0.218. The van der Waals surface area contributed by atoms with Gasteiger partial charge in [-0.3, -0.25) is 0 Å². The molecule has 0 aromatic rings. The molecule has 84 valence electrons. The third-order valence-corrected chi connectivity index (χ3v) is 3.79. The Morgan fingerprint density at radius 3 is 2.57 bits per heavy atom. The molecule has 1 aliphatic rings. The summed E-state index contributed by atoms with van der Waals surface area (Å²) in [5, 5.41) is 0. The van der Waals surface area contributed by atoms with Crippen LogP contribution in [-0.4, -0.2) is 51.5 Å². The highest BCUT2D eigenvalue weighted by Gasteiger charge is 2.23. The zero-order chi connectivity index (χ0) is 10.4. The molecular formula is C7H15ClN2O3S. The van der Waals surface area contributed by atoms with Gasteiger partial charge in [0.05, 0.1) is 13.2 Å². The third kappa shape index (κ3) is 3.70. The monoisotopic (exact) mass is 242 g/mol. The minimum absolute atomic E-state index is 0.392. The van der Waals surface area contributed by atoms with E-state index in [0.29, 0.717) is 45.1 Å². The van der Waals surface area contributed by atoms with E-state index in [9.17, 15) is 8.42 Å². The summed E-state index contributed by atoms with van der Waals surface area (Å²) in [6, 6.07) is 0. The molecule has 0 unspecified atom stereocenters. The van der Waals surface area contributed by atoms with Gasteiger partial charge in [-0.05, 0) is 6.42 Å². The second-order valence-electron chi connectivity index (χ2n) is 2.95. The van der Waals surface area contributed by atoms with Gasteiger partial charge in [0, 0.05) is 25.5 Å². The minimum atomic E-state index is -3.31. The van der Waals surface area contributed by atoms with Crippen LogP contribution in [0.2, 0.25) is 0 Å². The standard InChI is InChI=1S/C7H15ClN2O3S/c8-2-1-3-9-14(11,12)10-4-6-13-7-5-10/h9H,1-7H2. The summed E-state index contributed by atoms with van der Waals surface area (Å²) in [6.07, 6.45) is 0.644. The van der Waals surface area contributed by atoms with Crippen LogP contribution in [0.25, 0.3) is 0 Å². The maximum atomic E-state index is 11.6. The van der Waals surface area contributed by atoms with E-state index in [4.69, 9.17) is 16.3 Å². The van der Waals surface area contributed by atoms with Crippen molar-refractivity contribution < 1.29 is 13.2 Å². The smallest absolute Gasteiger partial charge is 0.279 e. The van der Waals surface area contributed by atoms with Gasteiger partial charge in [0.2, 0.25) is 0 Å². The number of alkyl halides is 1. The number of morpholine rings is 1. The second kappa shape index (κ2) is 5.87. The molecule has 7 heteroatoms. The number of rotatable bonds is 5. The lowest BCUT2D eigenvalue weighted by atomic mass is 10.5. The summed E-state index contributed by atoms with van der Waals surface area (Å²) in [7, 11) is -3.31. The zero-order valence-electron chi connectivity index (χ0n) is 7.91. The van der Waals surface area contributed by atoms with E-state index in [-0.39, 0.29) is 0 Å². The Balaban J connectivity index is 2.38. The zero-order valence-corrected chi connectivity index (χ0v) is 9.48. The van der Waals surface area contributed by atoms with E-state index in [1.807, 2.05) is 0 Å². The lowest BCUT2D eigenvalue weighted by Gasteiger charge is -2.25. The molecule has 1 rings (SSSR count). The van der Waals surface area contributed by atoms with Crippen LogP contribution in [0.3, 0.4) is 0 Å². The lowest BCUT2D eigenvalue weighted by molar-refractivity contribution is 0.0725. The largest absolute Gasteiger partial charge is 0.379 e. The fourth-order valence-electron chi connectivity index (χ4n) is 1.15. The number of hydrogen-bond donors (Lipinski definition) is 1. The highest BCUT2D eigenvalue weighted by molar-refractivity contribution is 7.87. The van der Waals surface area contributed by atoms with Crippen molar-refractivity contribution in [2.24, 2.45) is 0 Å². The second-order valence-corrected chi connectivity index (χ2v) is 5.09. The van der Waals surface area contributed by atoms with Crippen LogP contribution in [0.5, 0.6) is 0 Å². The third-order valence-electron chi connectivity index (χ3n) is 1.90. The first-order valence-corrected chi connectivity index (χ1v) is 6.53. The van der Waals surface area contributed by atoms with Crippen LogP contribution in [-0.2, 0) is 14.9 Å². The quantitative estimate of drug-likeness (QED) is 0.536. The SMILES string of the molecule is O=S(=O)(NCCCCl)N1CCOCC1. The molecule has 1 saturated heterocycles. The Morgan fingerprint density at radius 2 is 2.00 bits per heavy atom. The first-order valence-electron chi connectivity index (χ1n) is 4.55. The molecule has 0 saturated carbocycles. The summed E-state index contributed by atoms with van der Waals surface area (Å²) in [6.45, 7) is 2.18. The topological polar surface area (TPSA) is 58.6 Å². The molecule has 5 nitrogen and oxygen atoms in total. The number of halogens is 1. The highest BCUT2D eigenvalue weighted by atomic mass is 35.5.